The lowest BCUT2D eigenvalue weighted by atomic mass is 10.1. The zero-order valence-electron chi connectivity index (χ0n) is 10.8. The van der Waals surface area contributed by atoms with E-state index in [0.717, 1.165) is 5.69 Å². The molecule has 0 bridgehead atoms. The fourth-order valence-electron chi connectivity index (χ4n) is 1.68. The zero-order chi connectivity index (χ0) is 14.9. The van der Waals surface area contributed by atoms with Crippen molar-refractivity contribution >= 4 is 33.2 Å². The molecule has 0 unspecified atom stereocenters. The van der Waals surface area contributed by atoms with Gasteiger partial charge in [-0.1, -0.05) is 25.4 Å². The van der Waals surface area contributed by atoms with E-state index in [4.69, 9.17) is 11.6 Å². The molecule has 0 amide bonds. The Balaban J connectivity index is 2.50. The Morgan fingerprint density at radius 3 is 2.35 bits per heavy atom. The van der Waals surface area contributed by atoms with Crippen molar-refractivity contribution in [3.63, 3.8) is 0 Å². The number of nitrogens with zero attached hydrogens (tertiary/aromatic N) is 3. The highest BCUT2D eigenvalue weighted by atomic mass is 79.9. The summed E-state index contributed by atoms with van der Waals surface area (Å²) in [6, 6.07) is 6.07. The molecule has 0 atom stereocenters. The van der Waals surface area contributed by atoms with Crippen LogP contribution in [0.5, 0.6) is 0 Å². The number of halogens is 2. The predicted octanol–water partition coefficient (Wildman–Crippen LogP) is 4.59. The molecule has 0 saturated carbocycles. The summed E-state index contributed by atoms with van der Waals surface area (Å²) in [6.07, 6.45) is 0. The van der Waals surface area contributed by atoms with Gasteiger partial charge in [0, 0.05) is 17.7 Å². The summed E-state index contributed by atoms with van der Waals surface area (Å²) in [6.45, 7) is 4.01. The quantitative estimate of drug-likeness (QED) is 0.458. The largest absolute Gasteiger partial charge is 0.269 e. The summed E-state index contributed by atoms with van der Waals surface area (Å²) in [5.41, 5.74) is 1.52. The number of nitro benzene ring substituents is 1. The second kappa shape index (κ2) is 5.85. The molecule has 0 N–H and O–H groups in total. The number of hydrogen-bond donors (Lipinski definition) is 0. The molecule has 0 saturated heterocycles. The van der Waals surface area contributed by atoms with Gasteiger partial charge in [0.2, 0.25) is 0 Å². The Hall–Kier alpha value is -1.53. The smallest absolute Gasteiger partial charge is 0.258 e. The lowest BCUT2D eigenvalue weighted by molar-refractivity contribution is -0.384. The van der Waals surface area contributed by atoms with Gasteiger partial charge in [-0.15, -0.1) is 0 Å². The summed E-state index contributed by atoms with van der Waals surface area (Å²) < 4.78 is 0.680. The van der Waals surface area contributed by atoms with Gasteiger partial charge in [0.05, 0.1) is 15.1 Å². The van der Waals surface area contributed by atoms with E-state index in [-0.39, 0.29) is 11.6 Å². The molecule has 1 aromatic heterocycles. The average molecular weight is 357 g/mol. The second-order valence-electron chi connectivity index (χ2n) is 4.50. The maximum Gasteiger partial charge on any atom is 0.269 e. The van der Waals surface area contributed by atoms with Gasteiger partial charge >= 0.3 is 0 Å². The first-order valence-electron chi connectivity index (χ1n) is 5.88. The topological polar surface area (TPSA) is 68.9 Å². The van der Waals surface area contributed by atoms with Crippen LogP contribution >= 0.6 is 27.5 Å². The Kier molecular flexibility index (Phi) is 4.35. The lowest BCUT2D eigenvalue weighted by Gasteiger charge is -2.10. The highest BCUT2D eigenvalue weighted by Gasteiger charge is 2.15. The van der Waals surface area contributed by atoms with Crippen molar-refractivity contribution in [1.29, 1.82) is 0 Å². The first kappa shape index (κ1) is 14.9. The third kappa shape index (κ3) is 2.96. The van der Waals surface area contributed by atoms with Crippen LogP contribution < -0.4 is 0 Å². The minimum Gasteiger partial charge on any atom is -0.258 e. The van der Waals surface area contributed by atoms with E-state index in [0.29, 0.717) is 21.0 Å². The van der Waals surface area contributed by atoms with Crippen molar-refractivity contribution in [2.75, 3.05) is 0 Å². The van der Waals surface area contributed by atoms with Crippen LogP contribution in [0.15, 0.2) is 28.7 Å². The molecule has 2 aromatic rings. The molecule has 0 aliphatic rings. The third-order valence-electron chi connectivity index (χ3n) is 2.72. The van der Waals surface area contributed by atoms with E-state index in [1.807, 2.05) is 13.8 Å². The highest BCUT2D eigenvalue weighted by molar-refractivity contribution is 9.10. The minimum atomic E-state index is -0.446. The van der Waals surface area contributed by atoms with Crippen LogP contribution in [-0.4, -0.2) is 14.9 Å². The molecule has 20 heavy (non-hydrogen) atoms. The number of nitro groups is 1. The van der Waals surface area contributed by atoms with Crippen LogP contribution in [0.3, 0.4) is 0 Å². The van der Waals surface area contributed by atoms with Crippen LogP contribution in [0.1, 0.15) is 25.5 Å². The lowest BCUT2D eigenvalue weighted by Crippen LogP contribution is -2.00. The van der Waals surface area contributed by atoms with Crippen molar-refractivity contribution in [3.05, 3.63) is 49.7 Å². The molecular weight excluding hydrogens is 346 g/mol. The zero-order valence-corrected chi connectivity index (χ0v) is 13.1. The first-order chi connectivity index (χ1) is 9.40. The molecule has 5 nitrogen and oxygen atoms in total. The van der Waals surface area contributed by atoms with Crippen LogP contribution in [0.25, 0.3) is 11.4 Å². The van der Waals surface area contributed by atoms with Crippen LogP contribution in [0, 0.1) is 10.1 Å². The van der Waals surface area contributed by atoms with Crippen molar-refractivity contribution in [2.45, 2.75) is 19.8 Å². The van der Waals surface area contributed by atoms with E-state index in [9.17, 15) is 10.1 Å². The van der Waals surface area contributed by atoms with Crippen molar-refractivity contribution in [1.82, 2.24) is 9.97 Å². The first-order valence-corrected chi connectivity index (χ1v) is 7.05. The van der Waals surface area contributed by atoms with Gasteiger partial charge in [-0.05, 0) is 34.0 Å². The molecule has 0 fully saturated rings. The third-order valence-corrected chi connectivity index (χ3v) is 4.00. The Bertz CT molecular complexity index is 659. The van der Waals surface area contributed by atoms with Gasteiger partial charge in [-0.2, -0.15) is 0 Å². The maximum absolute atomic E-state index is 10.6. The molecule has 1 heterocycles. The molecule has 0 aliphatic carbocycles. The van der Waals surface area contributed by atoms with E-state index in [2.05, 4.69) is 25.9 Å². The number of non-ortho nitro benzene ring substituents is 1. The molecular formula is C13H11BrClN3O2. The standard InChI is InChI=1S/C13H11BrClN3O2/c1-7(2)11-10(14)12(15)17-13(16-11)8-3-5-9(6-4-8)18(19)20/h3-7H,1-2H3. The summed E-state index contributed by atoms with van der Waals surface area (Å²) in [5.74, 6) is 0.637. The van der Waals surface area contributed by atoms with Gasteiger partial charge in [0.1, 0.15) is 5.15 Å². The Morgan fingerprint density at radius 1 is 1.25 bits per heavy atom. The summed E-state index contributed by atoms with van der Waals surface area (Å²) in [7, 11) is 0. The Morgan fingerprint density at radius 2 is 1.85 bits per heavy atom. The normalized spacial score (nSPS) is 10.8. The van der Waals surface area contributed by atoms with Crippen LogP contribution in [0.4, 0.5) is 5.69 Å². The molecule has 0 radical (unpaired) electrons. The predicted molar refractivity (Wildman–Crippen MR) is 80.9 cm³/mol. The number of aromatic nitrogens is 2. The molecule has 0 aliphatic heterocycles. The van der Waals surface area contributed by atoms with Gasteiger partial charge in [-0.25, -0.2) is 9.97 Å². The molecule has 2 rings (SSSR count). The number of rotatable bonds is 3. The van der Waals surface area contributed by atoms with Gasteiger partial charge in [-0.3, -0.25) is 10.1 Å². The number of hydrogen-bond acceptors (Lipinski definition) is 4. The van der Waals surface area contributed by atoms with Gasteiger partial charge < -0.3 is 0 Å². The minimum absolute atomic E-state index is 0.0287. The van der Waals surface area contributed by atoms with E-state index < -0.39 is 4.92 Å². The fraction of sp³-hybridized carbons (Fsp3) is 0.231. The van der Waals surface area contributed by atoms with E-state index >= 15 is 0 Å². The van der Waals surface area contributed by atoms with Gasteiger partial charge in [0.15, 0.2) is 5.82 Å². The highest BCUT2D eigenvalue weighted by Crippen LogP contribution is 2.31. The van der Waals surface area contributed by atoms with E-state index in [1.165, 1.54) is 12.1 Å². The summed E-state index contributed by atoms with van der Waals surface area (Å²) >= 11 is 9.46. The van der Waals surface area contributed by atoms with Crippen molar-refractivity contribution in [2.24, 2.45) is 0 Å². The molecule has 7 heteroatoms. The Labute approximate surface area is 129 Å². The molecule has 104 valence electrons. The van der Waals surface area contributed by atoms with Crippen molar-refractivity contribution in [3.8, 4) is 11.4 Å². The second-order valence-corrected chi connectivity index (χ2v) is 5.65. The van der Waals surface area contributed by atoms with Crippen LogP contribution in [-0.2, 0) is 0 Å². The monoisotopic (exact) mass is 355 g/mol. The van der Waals surface area contributed by atoms with Crippen molar-refractivity contribution < 1.29 is 4.92 Å². The van der Waals surface area contributed by atoms with Crippen LogP contribution in [0.2, 0.25) is 5.15 Å². The number of benzene rings is 1. The maximum atomic E-state index is 10.6. The average Bonchev–Trinajstić information content (AvgIpc) is 2.41. The fourth-order valence-corrected chi connectivity index (χ4v) is 2.49. The summed E-state index contributed by atoms with van der Waals surface area (Å²) in [4.78, 5) is 18.9. The SMILES string of the molecule is CC(C)c1nc(-c2ccc([N+](=O)[O-])cc2)nc(Cl)c1Br. The van der Waals surface area contributed by atoms with E-state index in [1.54, 1.807) is 12.1 Å². The molecule has 1 aromatic carbocycles. The van der Waals surface area contributed by atoms with Gasteiger partial charge in [0.25, 0.3) is 5.69 Å². The molecule has 0 spiro atoms. The summed E-state index contributed by atoms with van der Waals surface area (Å²) in [5, 5.41) is 11.0.